The molecule has 0 amide bonds. The summed E-state index contributed by atoms with van der Waals surface area (Å²) in [5.74, 6) is -0.847. The van der Waals surface area contributed by atoms with Gasteiger partial charge in [0.1, 0.15) is 28.2 Å². The number of hydrogen-bond acceptors (Lipinski definition) is 5. The molecule has 154 valence electrons. The number of ether oxygens (including phenoxy) is 1. The Morgan fingerprint density at radius 3 is 2.37 bits per heavy atom. The highest BCUT2D eigenvalue weighted by Crippen LogP contribution is 2.35. The molecule has 1 aliphatic rings. The zero-order valence-corrected chi connectivity index (χ0v) is 15.9. The molecule has 0 spiro atoms. The van der Waals surface area contributed by atoms with Gasteiger partial charge in [0.2, 0.25) is 0 Å². The number of aliphatic hydroxyl groups excluding tert-OH is 1. The van der Waals surface area contributed by atoms with Gasteiger partial charge in [0.15, 0.2) is 0 Å². The minimum absolute atomic E-state index is 0.0148. The number of benzene rings is 2. The van der Waals surface area contributed by atoms with Crippen LogP contribution in [0.1, 0.15) is 5.01 Å². The van der Waals surface area contributed by atoms with Crippen molar-refractivity contribution in [2.24, 2.45) is 0 Å². The van der Waals surface area contributed by atoms with Gasteiger partial charge in [0, 0.05) is 16.6 Å². The van der Waals surface area contributed by atoms with E-state index in [1.807, 2.05) is 0 Å². The molecule has 2 N–H and O–H groups in total. The number of aliphatic hydroxyl groups is 1. The van der Waals surface area contributed by atoms with Crippen molar-refractivity contribution in [3.63, 3.8) is 0 Å². The van der Waals surface area contributed by atoms with Crippen molar-refractivity contribution in [1.82, 2.24) is 4.98 Å². The first-order valence-electron chi connectivity index (χ1n) is 8.57. The maximum atomic E-state index is 13.1. The van der Waals surface area contributed by atoms with Crippen LogP contribution < -0.4 is 9.64 Å². The molecule has 0 atom stereocenters. The van der Waals surface area contributed by atoms with Crippen molar-refractivity contribution in [1.29, 1.82) is 5.41 Å². The molecule has 0 saturated heterocycles. The first-order valence-corrected chi connectivity index (χ1v) is 9.45. The minimum atomic E-state index is -4.79. The van der Waals surface area contributed by atoms with Crippen LogP contribution in [-0.4, -0.2) is 28.8 Å². The van der Waals surface area contributed by atoms with Crippen molar-refractivity contribution in [3.8, 4) is 17.0 Å². The fourth-order valence-electron chi connectivity index (χ4n) is 2.99. The van der Waals surface area contributed by atoms with Gasteiger partial charge < -0.3 is 14.7 Å². The summed E-state index contributed by atoms with van der Waals surface area (Å²) in [5, 5.41) is 21.0. The average Bonchev–Trinajstić information content (AvgIpc) is 3.26. The van der Waals surface area contributed by atoms with Gasteiger partial charge in [0.25, 0.3) is 0 Å². The van der Waals surface area contributed by atoms with E-state index in [1.54, 1.807) is 17.5 Å². The van der Waals surface area contributed by atoms with Crippen molar-refractivity contribution in [2.75, 3.05) is 11.4 Å². The number of anilines is 1. The van der Waals surface area contributed by atoms with E-state index in [4.69, 9.17) is 5.41 Å². The lowest BCUT2D eigenvalue weighted by molar-refractivity contribution is -0.274. The highest BCUT2D eigenvalue weighted by Gasteiger charge is 2.33. The second-order valence-corrected chi connectivity index (χ2v) is 7.20. The van der Waals surface area contributed by atoms with E-state index >= 15 is 0 Å². The molecule has 0 aliphatic carbocycles. The smallest absolute Gasteiger partial charge is 0.510 e. The Morgan fingerprint density at radius 2 is 1.73 bits per heavy atom. The quantitative estimate of drug-likeness (QED) is 0.523. The van der Waals surface area contributed by atoms with Crippen LogP contribution in [0.3, 0.4) is 0 Å². The van der Waals surface area contributed by atoms with Gasteiger partial charge in [0.05, 0.1) is 17.8 Å². The maximum absolute atomic E-state index is 13.1. The Bertz CT molecular complexity index is 1120. The third kappa shape index (κ3) is 3.99. The highest BCUT2D eigenvalue weighted by atomic mass is 32.1. The monoisotopic (exact) mass is 435 g/mol. The van der Waals surface area contributed by atoms with Gasteiger partial charge in [-0.05, 0) is 48.5 Å². The molecule has 1 aromatic heterocycles. The van der Waals surface area contributed by atoms with Crippen LogP contribution in [-0.2, 0) is 0 Å². The molecule has 0 saturated carbocycles. The molecule has 10 heteroatoms. The largest absolute Gasteiger partial charge is 0.573 e. The number of nitrogens with zero attached hydrogens (tertiary/aromatic N) is 2. The van der Waals surface area contributed by atoms with Gasteiger partial charge in [-0.15, -0.1) is 24.5 Å². The summed E-state index contributed by atoms with van der Waals surface area (Å²) >= 11 is 1.22. The highest BCUT2D eigenvalue weighted by molar-refractivity contribution is 7.11. The molecule has 5 nitrogen and oxygen atoms in total. The van der Waals surface area contributed by atoms with E-state index in [0.29, 0.717) is 22.0 Å². The SMILES string of the molecule is N=C1C(c2nc(-c3ccc(F)cc3)cs2)=C(O)CN1c1ccc(OC(F)(F)F)cc1. The molecular formula is C20H13F4N3O2S. The standard InChI is InChI=1S/C20H13F4N3O2S/c21-12-3-1-11(2-4-12)15-10-30-19(26-15)17-16(28)9-27(18(17)25)13-5-7-14(8-6-13)29-20(22,23)24/h1-8,10,25,28H,9H2. The van der Waals surface area contributed by atoms with E-state index in [1.165, 1.54) is 40.5 Å². The van der Waals surface area contributed by atoms with Crippen LogP contribution in [0.4, 0.5) is 23.2 Å². The van der Waals surface area contributed by atoms with Gasteiger partial charge in [-0.25, -0.2) is 9.37 Å². The van der Waals surface area contributed by atoms with Gasteiger partial charge in [-0.2, -0.15) is 0 Å². The maximum Gasteiger partial charge on any atom is 0.573 e. The van der Waals surface area contributed by atoms with Crippen LogP contribution in [0.5, 0.6) is 5.75 Å². The Balaban J connectivity index is 1.55. The van der Waals surface area contributed by atoms with Crippen LogP contribution >= 0.6 is 11.3 Å². The minimum Gasteiger partial charge on any atom is -0.510 e. The average molecular weight is 435 g/mol. The fraction of sp³-hybridized carbons (Fsp3) is 0.100. The van der Waals surface area contributed by atoms with Gasteiger partial charge in [-0.1, -0.05) is 0 Å². The zero-order chi connectivity index (χ0) is 21.5. The summed E-state index contributed by atoms with van der Waals surface area (Å²) in [6.45, 7) is -0.0148. The first-order chi connectivity index (χ1) is 14.2. The summed E-state index contributed by atoms with van der Waals surface area (Å²) in [5.41, 5.74) is 1.94. The van der Waals surface area contributed by atoms with E-state index in [2.05, 4.69) is 9.72 Å². The predicted molar refractivity (Wildman–Crippen MR) is 105 cm³/mol. The van der Waals surface area contributed by atoms with Crippen molar-refractivity contribution < 1.29 is 27.4 Å². The lowest BCUT2D eigenvalue weighted by Gasteiger charge is -2.19. The number of amidine groups is 1. The van der Waals surface area contributed by atoms with Crippen LogP contribution in [0.15, 0.2) is 59.7 Å². The fourth-order valence-corrected chi connectivity index (χ4v) is 3.89. The normalized spacial score (nSPS) is 14.5. The molecule has 30 heavy (non-hydrogen) atoms. The number of thiazole rings is 1. The number of rotatable bonds is 4. The van der Waals surface area contributed by atoms with E-state index in [0.717, 1.165) is 12.1 Å². The van der Waals surface area contributed by atoms with E-state index < -0.39 is 6.36 Å². The number of aromatic nitrogens is 1. The van der Waals surface area contributed by atoms with E-state index in [-0.39, 0.29) is 35.3 Å². The molecular weight excluding hydrogens is 422 g/mol. The summed E-state index contributed by atoms with van der Waals surface area (Å²) in [4.78, 5) is 5.89. The third-order valence-corrected chi connectivity index (χ3v) is 5.20. The summed E-state index contributed by atoms with van der Waals surface area (Å²) in [6, 6.07) is 10.8. The van der Waals surface area contributed by atoms with Crippen molar-refractivity contribution in [3.05, 3.63) is 70.5 Å². The predicted octanol–water partition coefficient (Wildman–Crippen LogP) is 5.61. The van der Waals surface area contributed by atoms with Crippen LogP contribution in [0, 0.1) is 11.2 Å². The van der Waals surface area contributed by atoms with E-state index in [9.17, 15) is 22.7 Å². The number of hydrogen-bond donors (Lipinski definition) is 2. The Kier molecular flexibility index (Phi) is 4.94. The molecule has 2 aromatic carbocycles. The zero-order valence-electron chi connectivity index (χ0n) is 15.1. The Morgan fingerprint density at radius 1 is 1.07 bits per heavy atom. The van der Waals surface area contributed by atoms with Crippen LogP contribution in [0.2, 0.25) is 0 Å². The molecule has 0 radical (unpaired) electrons. The molecule has 4 rings (SSSR count). The second kappa shape index (κ2) is 7.45. The first kappa shape index (κ1) is 19.9. The van der Waals surface area contributed by atoms with Gasteiger partial charge in [-0.3, -0.25) is 5.41 Å². The molecule has 0 unspecified atom stereocenters. The molecule has 2 heterocycles. The molecule has 1 aliphatic heterocycles. The molecule has 0 bridgehead atoms. The third-order valence-electron chi connectivity index (χ3n) is 4.34. The second-order valence-electron chi connectivity index (χ2n) is 6.34. The molecule has 0 fully saturated rings. The van der Waals surface area contributed by atoms with Gasteiger partial charge >= 0.3 is 6.36 Å². The molecule has 3 aromatic rings. The topological polar surface area (TPSA) is 69.4 Å². The van der Waals surface area contributed by atoms with Crippen LogP contribution in [0.25, 0.3) is 16.8 Å². The Labute approximate surface area is 172 Å². The Hall–Kier alpha value is -3.40. The lowest BCUT2D eigenvalue weighted by atomic mass is 10.2. The summed E-state index contributed by atoms with van der Waals surface area (Å²) in [6.07, 6.45) is -4.79. The number of halogens is 4. The lowest BCUT2D eigenvalue weighted by Crippen LogP contribution is -2.26. The summed E-state index contributed by atoms with van der Waals surface area (Å²) in [7, 11) is 0. The van der Waals surface area contributed by atoms with Crippen molar-refractivity contribution in [2.45, 2.75) is 6.36 Å². The summed E-state index contributed by atoms with van der Waals surface area (Å²) < 4.78 is 53.9. The number of nitrogens with one attached hydrogen (secondary N) is 1. The number of alkyl halides is 3. The van der Waals surface area contributed by atoms with Crippen molar-refractivity contribution >= 4 is 28.4 Å².